The van der Waals surface area contributed by atoms with E-state index < -0.39 is 0 Å². The van der Waals surface area contributed by atoms with E-state index in [1.165, 1.54) is 25.0 Å². The van der Waals surface area contributed by atoms with Crippen molar-refractivity contribution in [2.24, 2.45) is 5.92 Å². The molecule has 2 fully saturated rings. The summed E-state index contributed by atoms with van der Waals surface area (Å²) in [6, 6.07) is 0.547. The van der Waals surface area contributed by atoms with Gasteiger partial charge in [-0.1, -0.05) is 12.8 Å². The summed E-state index contributed by atoms with van der Waals surface area (Å²) in [7, 11) is 0. The zero-order valence-electron chi connectivity index (χ0n) is 10.4. The van der Waals surface area contributed by atoms with Crippen LogP contribution in [0.4, 0.5) is 0 Å². The van der Waals surface area contributed by atoms with Crippen LogP contribution in [-0.4, -0.2) is 29.2 Å². The molecule has 1 aliphatic carbocycles. The van der Waals surface area contributed by atoms with Gasteiger partial charge in [0.2, 0.25) is 0 Å². The lowest BCUT2D eigenvalue weighted by molar-refractivity contribution is 0.0219. The minimum absolute atomic E-state index is 0.174. The minimum Gasteiger partial charge on any atom is -0.369 e. The van der Waals surface area contributed by atoms with E-state index in [2.05, 4.69) is 21.8 Å². The number of imidazole rings is 1. The zero-order chi connectivity index (χ0) is 11.7. The molecule has 2 unspecified atom stereocenters. The van der Waals surface area contributed by atoms with Crippen LogP contribution in [0.1, 0.15) is 44.0 Å². The van der Waals surface area contributed by atoms with Crippen LogP contribution in [0.25, 0.3) is 0 Å². The summed E-state index contributed by atoms with van der Waals surface area (Å²) in [5.41, 5.74) is 1.23. The molecule has 17 heavy (non-hydrogen) atoms. The van der Waals surface area contributed by atoms with Crippen molar-refractivity contribution in [2.75, 3.05) is 19.7 Å². The molecule has 0 amide bonds. The third-order valence-electron chi connectivity index (χ3n) is 3.80. The number of ether oxygens (including phenoxy) is 1. The molecule has 0 radical (unpaired) electrons. The summed E-state index contributed by atoms with van der Waals surface area (Å²) in [6.07, 6.45) is 8.20. The normalized spacial score (nSPS) is 27.0. The van der Waals surface area contributed by atoms with Gasteiger partial charge in [0, 0.05) is 19.1 Å². The van der Waals surface area contributed by atoms with Crippen molar-refractivity contribution in [3.05, 3.63) is 18.2 Å². The summed E-state index contributed by atoms with van der Waals surface area (Å²) < 4.78 is 8.11. The standard InChI is InChI=1S/C13H21N3O/c1-10(6-11-2-3-11)16-9-15-7-12(16)13-8-14-4-5-17-13/h7,9-11,13-14H,2-6,8H2,1H3. The highest BCUT2D eigenvalue weighted by Crippen LogP contribution is 2.37. The van der Waals surface area contributed by atoms with E-state index in [1.807, 2.05) is 12.5 Å². The smallest absolute Gasteiger partial charge is 0.111 e. The fourth-order valence-electron chi connectivity index (χ4n) is 2.64. The van der Waals surface area contributed by atoms with Gasteiger partial charge in [-0.25, -0.2) is 4.98 Å². The zero-order valence-corrected chi connectivity index (χ0v) is 10.4. The van der Waals surface area contributed by atoms with Gasteiger partial charge in [-0.3, -0.25) is 0 Å². The number of hydrogen-bond acceptors (Lipinski definition) is 3. The van der Waals surface area contributed by atoms with Crippen molar-refractivity contribution < 1.29 is 4.74 Å². The van der Waals surface area contributed by atoms with Crippen molar-refractivity contribution in [3.63, 3.8) is 0 Å². The first-order valence-electron chi connectivity index (χ1n) is 6.68. The van der Waals surface area contributed by atoms with Gasteiger partial charge in [0.15, 0.2) is 0 Å². The molecule has 0 aromatic carbocycles. The van der Waals surface area contributed by atoms with Gasteiger partial charge in [0.05, 0.1) is 24.8 Å². The van der Waals surface area contributed by atoms with Crippen molar-refractivity contribution in [1.82, 2.24) is 14.9 Å². The van der Waals surface area contributed by atoms with Gasteiger partial charge < -0.3 is 14.6 Å². The maximum absolute atomic E-state index is 5.81. The van der Waals surface area contributed by atoms with E-state index in [4.69, 9.17) is 4.74 Å². The first-order chi connectivity index (χ1) is 8.34. The third kappa shape index (κ3) is 2.53. The predicted octanol–water partition coefficient (Wildman–Crippen LogP) is 1.91. The van der Waals surface area contributed by atoms with Crippen LogP contribution in [0.15, 0.2) is 12.5 Å². The lowest BCUT2D eigenvalue weighted by Crippen LogP contribution is -2.34. The lowest BCUT2D eigenvalue weighted by Gasteiger charge is -2.26. The van der Waals surface area contributed by atoms with Crippen molar-refractivity contribution in [2.45, 2.75) is 38.3 Å². The summed E-state index contributed by atoms with van der Waals surface area (Å²) in [6.45, 7) is 4.96. The summed E-state index contributed by atoms with van der Waals surface area (Å²) in [5, 5.41) is 3.38. The lowest BCUT2D eigenvalue weighted by atomic mass is 10.1. The highest BCUT2D eigenvalue weighted by Gasteiger charge is 2.27. The fourth-order valence-corrected chi connectivity index (χ4v) is 2.64. The van der Waals surface area contributed by atoms with Crippen LogP contribution in [-0.2, 0) is 4.74 Å². The third-order valence-corrected chi connectivity index (χ3v) is 3.80. The van der Waals surface area contributed by atoms with E-state index in [0.29, 0.717) is 6.04 Å². The Labute approximate surface area is 102 Å². The second-order valence-corrected chi connectivity index (χ2v) is 5.32. The Balaban J connectivity index is 1.72. The first-order valence-corrected chi connectivity index (χ1v) is 6.68. The van der Waals surface area contributed by atoms with Crippen LogP contribution in [0, 0.1) is 5.92 Å². The van der Waals surface area contributed by atoms with E-state index in [1.54, 1.807) is 0 Å². The molecule has 0 spiro atoms. The Bertz CT molecular complexity index is 366. The second kappa shape index (κ2) is 4.78. The first kappa shape index (κ1) is 11.2. The number of nitrogens with one attached hydrogen (secondary N) is 1. The maximum Gasteiger partial charge on any atom is 0.111 e. The van der Waals surface area contributed by atoms with Crippen LogP contribution < -0.4 is 5.32 Å². The molecule has 2 aliphatic rings. The van der Waals surface area contributed by atoms with Crippen LogP contribution in [0.3, 0.4) is 0 Å². The Morgan fingerprint density at radius 3 is 3.18 bits per heavy atom. The van der Waals surface area contributed by atoms with Crippen molar-refractivity contribution in [3.8, 4) is 0 Å². The number of hydrogen-bond donors (Lipinski definition) is 1. The SMILES string of the molecule is CC(CC1CC1)n1cncc1C1CNCCO1. The summed E-state index contributed by atoms with van der Waals surface area (Å²) >= 11 is 0. The van der Waals surface area contributed by atoms with E-state index >= 15 is 0 Å². The van der Waals surface area contributed by atoms with Crippen molar-refractivity contribution >= 4 is 0 Å². The molecule has 2 atom stereocenters. The second-order valence-electron chi connectivity index (χ2n) is 5.32. The maximum atomic E-state index is 5.81. The van der Waals surface area contributed by atoms with Gasteiger partial charge in [-0.15, -0.1) is 0 Å². The summed E-state index contributed by atoms with van der Waals surface area (Å²) in [4.78, 5) is 4.30. The molecule has 1 aromatic rings. The average Bonchev–Trinajstić information content (AvgIpc) is 3.04. The molecular weight excluding hydrogens is 214 g/mol. The number of nitrogens with zero attached hydrogens (tertiary/aromatic N) is 2. The molecule has 1 saturated carbocycles. The van der Waals surface area contributed by atoms with Crippen LogP contribution in [0.2, 0.25) is 0 Å². The van der Waals surface area contributed by atoms with E-state index in [-0.39, 0.29) is 6.10 Å². The Hall–Kier alpha value is -0.870. The van der Waals surface area contributed by atoms with Crippen molar-refractivity contribution in [1.29, 1.82) is 0 Å². The quantitative estimate of drug-likeness (QED) is 0.866. The molecule has 0 bridgehead atoms. The van der Waals surface area contributed by atoms with Crippen LogP contribution >= 0.6 is 0 Å². The molecular formula is C13H21N3O. The molecule has 2 heterocycles. The molecule has 1 aromatic heterocycles. The number of morpholine rings is 1. The highest BCUT2D eigenvalue weighted by atomic mass is 16.5. The molecule has 1 saturated heterocycles. The predicted molar refractivity (Wildman–Crippen MR) is 65.8 cm³/mol. The topological polar surface area (TPSA) is 39.1 Å². The molecule has 4 nitrogen and oxygen atoms in total. The monoisotopic (exact) mass is 235 g/mol. The van der Waals surface area contributed by atoms with Gasteiger partial charge in [-0.05, 0) is 19.3 Å². The molecule has 4 heteroatoms. The van der Waals surface area contributed by atoms with E-state index in [9.17, 15) is 0 Å². The average molecular weight is 235 g/mol. The van der Waals surface area contributed by atoms with Gasteiger partial charge in [0.25, 0.3) is 0 Å². The highest BCUT2D eigenvalue weighted by molar-refractivity contribution is 5.06. The molecule has 1 aliphatic heterocycles. The number of aromatic nitrogens is 2. The largest absolute Gasteiger partial charge is 0.369 e. The minimum atomic E-state index is 0.174. The van der Waals surface area contributed by atoms with Gasteiger partial charge in [0.1, 0.15) is 6.10 Å². The van der Waals surface area contributed by atoms with Gasteiger partial charge >= 0.3 is 0 Å². The molecule has 3 rings (SSSR count). The Morgan fingerprint density at radius 2 is 2.47 bits per heavy atom. The summed E-state index contributed by atoms with van der Waals surface area (Å²) in [5.74, 6) is 0.950. The Morgan fingerprint density at radius 1 is 1.59 bits per heavy atom. The Kier molecular flexibility index (Phi) is 3.16. The van der Waals surface area contributed by atoms with E-state index in [0.717, 1.165) is 25.6 Å². The molecule has 1 N–H and O–H groups in total. The van der Waals surface area contributed by atoms with Crippen LogP contribution in [0.5, 0.6) is 0 Å². The fraction of sp³-hybridized carbons (Fsp3) is 0.769. The molecule has 94 valence electrons. The van der Waals surface area contributed by atoms with Gasteiger partial charge in [-0.2, -0.15) is 0 Å². The number of rotatable bonds is 4.